The number of nitrogens with zero attached hydrogens (tertiary/aromatic N) is 5. The third kappa shape index (κ3) is 3.07. The SMILES string of the molecule is COc1cc(-c2nnn(Cc3ccncc3)n2)ccc1SN. The van der Waals surface area contributed by atoms with E-state index in [1.807, 2.05) is 30.3 Å². The van der Waals surface area contributed by atoms with E-state index in [0.29, 0.717) is 18.1 Å². The monoisotopic (exact) mass is 314 g/mol. The predicted octanol–water partition coefficient (Wildman–Crippen LogP) is 1.76. The van der Waals surface area contributed by atoms with Crippen molar-refractivity contribution in [2.75, 3.05) is 7.11 Å². The molecule has 0 aliphatic carbocycles. The number of hydrogen-bond acceptors (Lipinski definition) is 7. The Bertz CT molecular complexity index is 761. The molecule has 8 heteroatoms. The second-order valence-electron chi connectivity index (χ2n) is 4.48. The zero-order valence-corrected chi connectivity index (χ0v) is 12.7. The van der Waals surface area contributed by atoms with Gasteiger partial charge in [-0.05, 0) is 53.1 Å². The average Bonchev–Trinajstić information content (AvgIpc) is 3.03. The van der Waals surface area contributed by atoms with Crippen LogP contribution in [0, 0.1) is 0 Å². The van der Waals surface area contributed by atoms with Crippen LogP contribution in [0.25, 0.3) is 11.4 Å². The number of methoxy groups -OCH3 is 1. The lowest BCUT2D eigenvalue weighted by Crippen LogP contribution is -2.03. The van der Waals surface area contributed by atoms with Gasteiger partial charge < -0.3 is 4.74 Å². The number of ether oxygens (including phenoxy) is 1. The fraction of sp³-hybridized carbons (Fsp3) is 0.143. The molecule has 1 aromatic carbocycles. The van der Waals surface area contributed by atoms with Crippen molar-refractivity contribution in [3.05, 3.63) is 48.3 Å². The quantitative estimate of drug-likeness (QED) is 0.717. The largest absolute Gasteiger partial charge is 0.496 e. The first kappa shape index (κ1) is 14.5. The van der Waals surface area contributed by atoms with Crippen molar-refractivity contribution < 1.29 is 4.74 Å². The van der Waals surface area contributed by atoms with Gasteiger partial charge in [0.1, 0.15) is 5.75 Å². The standard InChI is InChI=1S/C14H14N6OS/c1-21-12-8-11(2-3-13(12)22-15)14-17-19-20(18-14)9-10-4-6-16-7-5-10/h2-8H,9,15H2,1H3. The molecule has 3 aromatic rings. The Hall–Kier alpha value is -2.45. The molecule has 7 nitrogen and oxygen atoms in total. The van der Waals surface area contributed by atoms with E-state index in [4.69, 9.17) is 9.88 Å². The number of tetrazole rings is 1. The summed E-state index contributed by atoms with van der Waals surface area (Å²) in [5.41, 5.74) is 1.89. The minimum absolute atomic E-state index is 0.543. The van der Waals surface area contributed by atoms with Crippen LogP contribution >= 0.6 is 11.9 Å². The van der Waals surface area contributed by atoms with E-state index in [1.54, 1.807) is 24.3 Å². The molecule has 2 aromatic heterocycles. The molecule has 0 radical (unpaired) electrons. The maximum atomic E-state index is 5.59. The number of nitrogens with two attached hydrogens (primary N) is 1. The number of pyridine rings is 1. The van der Waals surface area contributed by atoms with E-state index in [-0.39, 0.29) is 0 Å². The maximum Gasteiger partial charge on any atom is 0.205 e. The van der Waals surface area contributed by atoms with Gasteiger partial charge in [-0.15, -0.1) is 10.2 Å². The number of hydrogen-bond donors (Lipinski definition) is 1. The van der Waals surface area contributed by atoms with Crippen molar-refractivity contribution in [3.8, 4) is 17.1 Å². The highest BCUT2D eigenvalue weighted by atomic mass is 32.2. The summed E-state index contributed by atoms with van der Waals surface area (Å²) in [4.78, 5) is 6.38. The van der Waals surface area contributed by atoms with Gasteiger partial charge in [0.25, 0.3) is 0 Å². The fourth-order valence-electron chi connectivity index (χ4n) is 1.98. The third-order valence-corrected chi connectivity index (χ3v) is 3.67. The molecule has 22 heavy (non-hydrogen) atoms. The van der Waals surface area contributed by atoms with Crippen molar-refractivity contribution in [1.29, 1.82) is 0 Å². The summed E-state index contributed by atoms with van der Waals surface area (Å²) in [6.07, 6.45) is 3.47. The molecule has 0 aliphatic rings. The minimum Gasteiger partial charge on any atom is -0.496 e. The number of benzene rings is 1. The van der Waals surface area contributed by atoms with Crippen LogP contribution in [0.1, 0.15) is 5.56 Å². The van der Waals surface area contributed by atoms with Gasteiger partial charge in [0, 0.05) is 18.0 Å². The Kier molecular flexibility index (Phi) is 4.31. The van der Waals surface area contributed by atoms with Crippen molar-refractivity contribution in [3.63, 3.8) is 0 Å². The highest BCUT2D eigenvalue weighted by molar-refractivity contribution is 7.97. The van der Waals surface area contributed by atoms with E-state index >= 15 is 0 Å². The van der Waals surface area contributed by atoms with Crippen molar-refractivity contribution in [1.82, 2.24) is 25.2 Å². The van der Waals surface area contributed by atoms with Crippen molar-refractivity contribution >= 4 is 11.9 Å². The molecule has 0 saturated heterocycles. The predicted molar refractivity (Wildman–Crippen MR) is 83.2 cm³/mol. The normalized spacial score (nSPS) is 10.6. The molecular formula is C14H14N6OS. The van der Waals surface area contributed by atoms with Crippen molar-refractivity contribution in [2.24, 2.45) is 5.14 Å². The van der Waals surface area contributed by atoms with Gasteiger partial charge in [-0.1, -0.05) is 0 Å². The third-order valence-electron chi connectivity index (χ3n) is 3.07. The molecule has 0 aliphatic heterocycles. The van der Waals surface area contributed by atoms with E-state index in [2.05, 4.69) is 20.4 Å². The van der Waals surface area contributed by atoms with Crippen LogP contribution in [0.3, 0.4) is 0 Å². The Balaban J connectivity index is 1.84. The molecule has 0 spiro atoms. The zero-order chi connectivity index (χ0) is 15.4. The van der Waals surface area contributed by atoms with Crippen LogP contribution in [0.5, 0.6) is 5.75 Å². The lowest BCUT2D eigenvalue weighted by atomic mass is 10.2. The van der Waals surface area contributed by atoms with Crippen LogP contribution in [0.15, 0.2) is 47.6 Å². The van der Waals surface area contributed by atoms with Gasteiger partial charge >= 0.3 is 0 Å². The molecule has 0 unspecified atom stereocenters. The summed E-state index contributed by atoms with van der Waals surface area (Å²) < 4.78 is 5.31. The molecule has 0 amide bonds. The number of aromatic nitrogens is 5. The zero-order valence-electron chi connectivity index (χ0n) is 11.9. The molecule has 0 atom stereocenters. The Morgan fingerprint density at radius 2 is 2.05 bits per heavy atom. The highest BCUT2D eigenvalue weighted by Gasteiger charge is 2.10. The van der Waals surface area contributed by atoms with Gasteiger partial charge in [-0.3, -0.25) is 10.1 Å². The second kappa shape index (κ2) is 6.54. The second-order valence-corrected chi connectivity index (χ2v) is 5.16. The molecule has 0 bridgehead atoms. The van der Waals surface area contributed by atoms with Crippen LogP contribution in [0.2, 0.25) is 0 Å². The number of rotatable bonds is 5. The first-order valence-corrected chi connectivity index (χ1v) is 7.40. The summed E-state index contributed by atoms with van der Waals surface area (Å²) in [6, 6.07) is 9.45. The molecule has 0 saturated carbocycles. The first-order valence-electron chi connectivity index (χ1n) is 6.52. The molecule has 3 rings (SSSR count). The molecule has 0 fully saturated rings. The van der Waals surface area contributed by atoms with Crippen LogP contribution < -0.4 is 9.88 Å². The van der Waals surface area contributed by atoms with E-state index < -0.39 is 0 Å². The Morgan fingerprint density at radius 1 is 1.23 bits per heavy atom. The Morgan fingerprint density at radius 3 is 2.77 bits per heavy atom. The molecule has 112 valence electrons. The summed E-state index contributed by atoms with van der Waals surface area (Å²) in [5, 5.41) is 18.1. The van der Waals surface area contributed by atoms with Gasteiger partial charge in [-0.25, -0.2) is 0 Å². The van der Waals surface area contributed by atoms with Crippen LogP contribution in [0.4, 0.5) is 0 Å². The van der Waals surface area contributed by atoms with E-state index in [1.165, 1.54) is 0 Å². The maximum absolute atomic E-state index is 5.59. The Labute approximate surface area is 131 Å². The lowest BCUT2D eigenvalue weighted by molar-refractivity contribution is 0.405. The van der Waals surface area contributed by atoms with E-state index in [0.717, 1.165) is 28.0 Å². The average molecular weight is 314 g/mol. The van der Waals surface area contributed by atoms with Gasteiger partial charge in [0.2, 0.25) is 5.82 Å². The van der Waals surface area contributed by atoms with Crippen LogP contribution in [-0.4, -0.2) is 32.3 Å². The summed E-state index contributed by atoms with van der Waals surface area (Å²) >= 11 is 1.14. The first-order chi connectivity index (χ1) is 10.8. The van der Waals surface area contributed by atoms with Gasteiger partial charge in [-0.2, -0.15) is 4.80 Å². The van der Waals surface area contributed by atoms with E-state index in [9.17, 15) is 0 Å². The minimum atomic E-state index is 0.543. The van der Waals surface area contributed by atoms with Crippen molar-refractivity contribution in [2.45, 2.75) is 11.4 Å². The summed E-state index contributed by atoms with van der Waals surface area (Å²) in [6.45, 7) is 0.545. The highest BCUT2D eigenvalue weighted by Crippen LogP contribution is 2.29. The summed E-state index contributed by atoms with van der Waals surface area (Å²) in [5.74, 6) is 1.23. The smallest absolute Gasteiger partial charge is 0.205 e. The van der Waals surface area contributed by atoms with Gasteiger partial charge in [0.15, 0.2) is 0 Å². The topological polar surface area (TPSA) is 91.7 Å². The lowest BCUT2D eigenvalue weighted by Gasteiger charge is -2.06. The summed E-state index contributed by atoms with van der Waals surface area (Å²) in [7, 11) is 1.60. The molecule has 2 N–H and O–H groups in total. The molecular weight excluding hydrogens is 300 g/mol. The van der Waals surface area contributed by atoms with Crippen LogP contribution in [-0.2, 0) is 6.54 Å². The fourth-order valence-corrected chi connectivity index (χ4v) is 2.39. The molecule has 2 heterocycles. The van der Waals surface area contributed by atoms with Gasteiger partial charge in [0.05, 0.1) is 18.6 Å².